The molecule has 0 bridgehead atoms. The van der Waals surface area contributed by atoms with Gasteiger partial charge >= 0.3 is 0 Å². The number of hydrazine groups is 1. The molecule has 0 unspecified atom stereocenters. The second-order valence-electron chi connectivity index (χ2n) is 2.84. The van der Waals surface area contributed by atoms with Crippen molar-refractivity contribution in [3.8, 4) is 0 Å². The van der Waals surface area contributed by atoms with Crippen molar-refractivity contribution < 1.29 is 4.84 Å². The Morgan fingerprint density at radius 2 is 1.80 bits per heavy atom. The van der Waals surface area contributed by atoms with Crippen molar-refractivity contribution in [1.82, 2.24) is 5.43 Å². The van der Waals surface area contributed by atoms with Crippen molar-refractivity contribution in [2.24, 2.45) is 0 Å². The molecule has 0 spiro atoms. The fourth-order valence-electron chi connectivity index (χ4n) is 1.14. The number of anilines is 1. The lowest BCUT2D eigenvalue weighted by atomic mass is 10.3. The molecule has 0 saturated carbocycles. The van der Waals surface area contributed by atoms with E-state index < -0.39 is 0 Å². The molecule has 1 N–H and O–H groups in total. The number of halogens is 3. The Bertz CT molecular complexity index is 410. The molecule has 6 heteroatoms. The lowest BCUT2D eigenvalue weighted by Gasteiger charge is -2.20. The summed E-state index contributed by atoms with van der Waals surface area (Å²) in [4.78, 5) is 5.35. The first kappa shape index (κ1) is 11.3. The normalized spacial score (nSPS) is 14.7. The standard InChI is InChI=1S/C9H6Br3N2O/c1-5-4-13-14(15-5)9-7(11)2-6(10)3-8(9)12/h2-4,13H,1H2. The van der Waals surface area contributed by atoms with Crippen molar-refractivity contribution in [2.75, 3.05) is 5.17 Å². The minimum atomic E-state index is 0.566. The first-order valence-electron chi connectivity index (χ1n) is 3.99. The average molecular weight is 398 g/mol. The fourth-order valence-corrected chi connectivity index (χ4v) is 3.72. The summed E-state index contributed by atoms with van der Waals surface area (Å²) in [6.07, 6.45) is 1.68. The van der Waals surface area contributed by atoms with Crippen LogP contribution < -0.4 is 10.6 Å². The molecule has 1 heterocycles. The van der Waals surface area contributed by atoms with Crippen LogP contribution >= 0.6 is 47.8 Å². The molecular formula is C9H6Br3N2O. The van der Waals surface area contributed by atoms with E-state index in [1.54, 1.807) is 6.20 Å². The number of nitrogens with zero attached hydrogens (tertiary/aromatic N) is 1. The Morgan fingerprint density at radius 3 is 2.27 bits per heavy atom. The topological polar surface area (TPSA) is 24.5 Å². The van der Waals surface area contributed by atoms with Crippen LogP contribution in [-0.2, 0) is 4.84 Å². The molecular weight excluding hydrogens is 392 g/mol. The summed E-state index contributed by atoms with van der Waals surface area (Å²) in [6.45, 7) is 3.68. The van der Waals surface area contributed by atoms with Crippen LogP contribution in [-0.4, -0.2) is 0 Å². The SMILES string of the molecule is [CH2]C1=CNN(c2c(Br)cc(Br)cc2Br)O1. The van der Waals surface area contributed by atoms with Crippen molar-refractivity contribution in [3.63, 3.8) is 0 Å². The largest absolute Gasteiger partial charge is 0.362 e. The van der Waals surface area contributed by atoms with Gasteiger partial charge in [0.05, 0.1) is 6.20 Å². The predicted molar refractivity (Wildman–Crippen MR) is 69.7 cm³/mol. The first-order valence-corrected chi connectivity index (χ1v) is 6.37. The number of hydrogen-bond acceptors (Lipinski definition) is 3. The maximum Gasteiger partial charge on any atom is 0.152 e. The Balaban J connectivity index is 2.37. The molecule has 0 fully saturated rings. The number of hydrogen-bond donors (Lipinski definition) is 1. The molecule has 15 heavy (non-hydrogen) atoms. The highest BCUT2D eigenvalue weighted by molar-refractivity contribution is 9.11. The lowest BCUT2D eigenvalue weighted by Crippen LogP contribution is -2.28. The Morgan fingerprint density at radius 1 is 1.20 bits per heavy atom. The van der Waals surface area contributed by atoms with E-state index in [2.05, 4.69) is 60.1 Å². The molecule has 1 aliphatic heterocycles. The van der Waals surface area contributed by atoms with Crippen LogP contribution in [0.4, 0.5) is 5.69 Å². The molecule has 2 rings (SSSR count). The third-order valence-electron chi connectivity index (χ3n) is 1.74. The number of rotatable bonds is 1. The van der Waals surface area contributed by atoms with E-state index in [-0.39, 0.29) is 0 Å². The van der Waals surface area contributed by atoms with Crippen molar-refractivity contribution in [2.45, 2.75) is 0 Å². The zero-order valence-electron chi connectivity index (χ0n) is 7.43. The molecule has 3 nitrogen and oxygen atoms in total. The average Bonchev–Trinajstić information content (AvgIpc) is 2.49. The molecule has 1 aliphatic rings. The van der Waals surface area contributed by atoms with E-state index in [1.165, 1.54) is 5.17 Å². The zero-order chi connectivity index (χ0) is 11.0. The minimum absolute atomic E-state index is 0.566. The van der Waals surface area contributed by atoms with Crippen LogP contribution in [0.1, 0.15) is 0 Å². The van der Waals surface area contributed by atoms with Crippen LogP contribution in [0.3, 0.4) is 0 Å². The van der Waals surface area contributed by atoms with E-state index in [4.69, 9.17) is 4.84 Å². The fraction of sp³-hybridized carbons (Fsp3) is 0. The minimum Gasteiger partial charge on any atom is -0.362 e. The van der Waals surface area contributed by atoms with Gasteiger partial charge in [-0.25, -0.2) is 0 Å². The van der Waals surface area contributed by atoms with Gasteiger partial charge < -0.3 is 4.84 Å². The molecule has 1 aromatic rings. The molecule has 79 valence electrons. The summed E-state index contributed by atoms with van der Waals surface area (Å²) in [5, 5.41) is 1.53. The zero-order valence-corrected chi connectivity index (χ0v) is 12.2. The lowest BCUT2D eigenvalue weighted by molar-refractivity contribution is 0.199. The number of nitrogens with one attached hydrogen (secondary N) is 1. The van der Waals surface area contributed by atoms with Gasteiger partial charge in [-0.1, -0.05) is 15.9 Å². The van der Waals surface area contributed by atoms with Crippen LogP contribution in [0.25, 0.3) is 0 Å². The van der Waals surface area contributed by atoms with Gasteiger partial charge in [0.1, 0.15) is 5.69 Å². The van der Waals surface area contributed by atoms with Crippen molar-refractivity contribution in [1.29, 1.82) is 0 Å². The summed E-state index contributed by atoms with van der Waals surface area (Å²) in [5.74, 6) is 0.566. The Labute approximate surface area is 113 Å². The molecule has 0 aliphatic carbocycles. The highest BCUT2D eigenvalue weighted by Gasteiger charge is 2.19. The van der Waals surface area contributed by atoms with Crippen molar-refractivity contribution >= 4 is 53.5 Å². The van der Waals surface area contributed by atoms with Crippen LogP contribution in [0.15, 0.2) is 37.5 Å². The predicted octanol–water partition coefficient (Wildman–Crippen LogP) is 3.91. The third kappa shape index (κ3) is 2.32. The molecule has 0 atom stereocenters. The van der Waals surface area contributed by atoms with Crippen LogP contribution in [0, 0.1) is 6.92 Å². The van der Waals surface area contributed by atoms with Crippen LogP contribution in [0.5, 0.6) is 0 Å². The smallest absolute Gasteiger partial charge is 0.152 e. The van der Waals surface area contributed by atoms with Gasteiger partial charge in [-0.05, 0) is 44.0 Å². The third-order valence-corrected chi connectivity index (χ3v) is 3.40. The first-order chi connectivity index (χ1) is 7.08. The number of allylic oxidation sites excluding steroid dienone is 1. The Kier molecular flexibility index (Phi) is 3.27. The number of benzene rings is 1. The highest BCUT2D eigenvalue weighted by Crippen LogP contribution is 2.37. The summed E-state index contributed by atoms with van der Waals surface area (Å²) in [6, 6.07) is 3.87. The molecule has 1 aromatic carbocycles. The quantitative estimate of drug-likeness (QED) is 0.777. The highest BCUT2D eigenvalue weighted by atomic mass is 79.9. The second kappa shape index (κ2) is 4.35. The van der Waals surface area contributed by atoms with E-state index in [0.29, 0.717) is 5.76 Å². The second-order valence-corrected chi connectivity index (χ2v) is 5.47. The van der Waals surface area contributed by atoms with Gasteiger partial charge in [-0.15, -0.1) is 5.17 Å². The van der Waals surface area contributed by atoms with Gasteiger partial charge in [-0.2, -0.15) is 0 Å². The van der Waals surface area contributed by atoms with Gasteiger partial charge in [-0.3, -0.25) is 5.43 Å². The summed E-state index contributed by atoms with van der Waals surface area (Å²) in [7, 11) is 0. The molecule has 0 saturated heterocycles. The van der Waals surface area contributed by atoms with Gasteiger partial charge in [0.2, 0.25) is 0 Å². The summed E-state index contributed by atoms with van der Waals surface area (Å²) in [5.41, 5.74) is 3.79. The van der Waals surface area contributed by atoms with E-state index in [9.17, 15) is 0 Å². The van der Waals surface area contributed by atoms with Gasteiger partial charge in [0, 0.05) is 20.3 Å². The summed E-state index contributed by atoms with van der Waals surface area (Å²) >= 11 is 10.3. The van der Waals surface area contributed by atoms with E-state index in [0.717, 1.165) is 19.1 Å². The van der Waals surface area contributed by atoms with E-state index in [1.807, 2.05) is 12.1 Å². The molecule has 0 aromatic heterocycles. The van der Waals surface area contributed by atoms with E-state index >= 15 is 0 Å². The summed E-state index contributed by atoms with van der Waals surface area (Å²) < 4.78 is 2.78. The maximum absolute atomic E-state index is 5.35. The molecule has 1 radical (unpaired) electrons. The van der Waals surface area contributed by atoms with Crippen LogP contribution in [0.2, 0.25) is 0 Å². The molecule has 0 amide bonds. The van der Waals surface area contributed by atoms with Crippen molar-refractivity contribution in [3.05, 3.63) is 44.4 Å². The monoisotopic (exact) mass is 395 g/mol. The Hall–Kier alpha value is -0.200. The van der Waals surface area contributed by atoms with Gasteiger partial charge in [0.25, 0.3) is 0 Å². The maximum atomic E-state index is 5.35. The van der Waals surface area contributed by atoms with Gasteiger partial charge in [0.15, 0.2) is 5.76 Å².